The molecule has 1 aromatic rings. The molecule has 4 rings (SSSR count). The van der Waals surface area contributed by atoms with Gasteiger partial charge in [0.05, 0.1) is 11.7 Å². The average Bonchev–Trinajstić information content (AvgIpc) is 2.83. The molecule has 0 unspecified atom stereocenters. The van der Waals surface area contributed by atoms with Gasteiger partial charge in [0.2, 0.25) is 0 Å². The van der Waals surface area contributed by atoms with E-state index in [1.165, 1.54) is 6.07 Å². The molecule has 3 aliphatic rings. The van der Waals surface area contributed by atoms with Gasteiger partial charge in [0.1, 0.15) is 11.5 Å². The summed E-state index contributed by atoms with van der Waals surface area (Å²) in [6.45, 7) is 3.84. The highest BCUT2D eigenvalue weighted by molar-refractivity contribution is 9.09. The van der Waals surface area contributed by atoms with E-state index in [0.717, 1.165) is 10.5 Å². The number of alkyl halides is 3. The third kappa shape index (κ3) is 2.44. The zero-order valence-electron chi connectivity index (χ0n) is 14.6. The second kappa shape index (κ2) is 6.65. The lowest BCUT2D eigenvalue weighted by atomic mass is 9.67. The minimum atomic E-state index is -1.71. The number of ether oxygens (including phenoxy) is 1. The van der Waals surface area contributed by atoms with Gasteiger partial charge in [-0.05, 0) is 35.8 Å². The van der Waals surface area contributed by atoms with Crippen LogP contribution < -0.4 is 4.74 Å². The molecule has 0 saturated carbocycles. The van der Waals surface area contributed by atoms with E-state index in [2.05, 4.69) is 22.5 Å². The van der Waals surface area contributed by atoms with Crippen molar-refractivity contribution < 1.29 is 19.4 Å². The van der Waals surface area contributed by atoms with E-state index in [0.29, 0.717) is 23.3 Å². The molecular weight excluding hydrogens is 469 g/mol. The summed E-state index contributed by atoms with van der Waals surface area (Å²) in [5, 5.41) is 9.81. The molecule has 1 aliphatic carbocycles. The lowest BCUT2D eigenvalue weighted by Crippen LogP contribution is -2.56. The molecular formula is C20H16BrCl2NO4. The molecule has 1 saturated heterocycles. The van der Waals surface area contributed by atoms with Crippen LogP contribution in [-0.4, -0.2) is 37.0 Å². The first-order valence-electron chi connectivity index (χ1n) is 8.58. The lowest BCUT2D eigenvalue weighted by Gasteiger charge is -2.43. The zero-order valence-corrected chi connectivity index (χ0v) is 17.7. The molecule has 2 amide bonds. The van der Waals surface area contributed by atoms with Gasteiger partial charge in [0.15, 0.2) is 9.75 Å². The summed E-state index contributed by atoms with van der Waals surface area (Å²) in [6.07, 6.45) is 5.47. The number of halogens is 3. The maximum absolute atomic E-state index is 13.2. The Labute approximate surface area is 180 Å². The Hall–Kier alpha value is -1.76. The van der Waals surface area contributed by atoms with Crippen molar-refractivity contribution in [3.05, 3.63) is 59.9 Å². The first-order valence-corrected chi connectivity index (χ1v) is 10.5. The molecule has 0 bridgehead atoms. The van der Waals surface area contributed by atoms with Crippen molar-refractivity contribution in [1.82, 2.24) is 4.90 Å². The van der Waals surface area contributed by atoms with Gasteiger partial charge in [-0.3, -0.25) is 14.5 Å². The predicted molar refractivity (Wildman–Crippen MR) is 110 cm³/mol. The van der Waals surface area contributed by atoms with E-state index < -0.39 is 27.5 Å². The zero-order chi connectivity index (χ0) is 20.3. The second-order valence-corrected chi connectivity index (χ2v) is 8.74. The van der Waals surface area contributed by atoms with Crippen molar-refractivity contribution in [2.75, 3.05) is 5.45 Å². The van der Waals surface area contributed by atoms with Gasteiger partial charge in [-0.25, -0.2) is 0 Å². The van der Waals surface area contributed by atoms with Crippen LogP contribution in [0.5, 0.6) is 11.5 Å². The summed E-state index contributed by atoms with van der Waals surface area (Å²) in [5.74, 6) is -1.06. The highest BCUT2D eigenvalue weighted by atomic mass is 79.9. The number of benzene rings is 1. The molecule has 0 spiro atoms. The Morgan fingerprint density at radius 3 is 2.79 bits per heavy atom. The van der Waals surface area contributed by atoms with Crippen LogP contribution in [0.25, 0.3) is 0 Å². The van der Waals surface area contributed by atoms with Crippen LogP contribution in [-0.2, 0) is 16.0 Å². The average molecular weight is 485 g/mol. The van der Waals surface area contributed by atoms with Crippen LogP contribution in [0.15, 0.2) is 54.3 Å². The Morgan fingerprint density at radius 1 is 1.36 bits per heavy atom. The predicted octanol–water partition coefficient (Wildman–Crippen LogP) is 4.02. The summed E-state index contributed by atoms with van der Waals surface area (Å²) in [4.78, 5) is 23.8. The van der Waals surface area contributed by atoms with E-state index in [9.17, 15) is 14.7 Å². The smallest absolute Gasteiger partial charge is 0.254 e. The third-order valence-electron chi connectivity index (χ3n) is 5.57. The van der Waals surface area contributed by atoms with Crippen LogP contribution in [0.2, 0.25) is 0 Å². The molecule has 0 aromatic heterocycles. The van der Waals surface area contributed by atoms with Crippen LogP contribution in [0.1, 0.15) is 12.0 Å². The van der Waals surface area contributed by atoms with Gasteiger partial charge < -0.3 is 9.84 Å². The molecule has 1 fully saturated rings. The lowest BCUT2D eigenvalue weighted by molar-refractivity contribution is -0.138. The number of phenolic OH excluding ortho intramolecular Hbond substituents is 1. The molecule has 28 heavy (non-hydrogen) atoms. The van der Waals surface area contributed by atoms with Gasteiger partial charge >= 0.3 is 0 Å². The van der Waals surface area contributed by atoms with Gasteiger partial charge in [-0.15, -0.1) is 23.2 Å². The van der Waals surface area contributed by atoms with E-state index in [4.69, 9.17) is 27.9 Å². The fourth-order valence-corrected chi connectivity index (χ4v) is 5.54. The standard InChI is InChI=1S/C20H16BrCl2NO4/c1-2-11-5-6-19(22)17(26)24(10-21)18(27)20(19,23)16(11)13-7-12-8-14(25)3-4-15(12)28-9-13/h2-5,8-9,16,25H,1,6-7,10H2/t16-,19-,20+/m1/s1. The first kappa shape index (κ1) is 19.6. The van der Waals surface area contributed by atoms with E-state index in [1.807, 2.05) is 0 Å². The highest BCUT2D eigenvalue weighted by Gasteiger charge is 2.72. The number of carbonyl (C=O) groups is 2. The van der Waals surface area contributed by atoms with E-state index in [-0.39, 0.29) is 17.6 Å². The number of likely N-dealkylation sites (tertiary alicyclic amines) is 1. The largest absolute Gasteiger partial charge is 0.508 e. The molecule has 1 aromatic carbocycles. The molecule has 3 atom stereocenters. The topological polar surface area (TPSA) is 66.8 Å². The minimum absolute atomic E-state index is 0.00992. The summed E-state index contributed by atoms with van der Waals surface area (Å²) < 4.78 is 5.72. The summed E-state index contributed by atoms with van der Waals surface area (Å²) >= 11 is 16.9. The van der Waals surface area contributed by atoms with E-state index in [1.54, 1.807) is 30.5 Å². The third-order valence-corrected chi connectivity index (χ3v) is 7.48. The van der Waals surface area contributed by atoms with Gasteiger partial charge in [-0.1, -0.05) is 34.7 Å². The van der Waals surface area contributed by atoms with Crippen LogP contribution in [0, 0.1) is 5.92 Å². The normalized spacial score (nSPS) is 31.5. The molecule has 2 heterocycles. The Bertz CT molecular complexity index is 975. The number of aromatic hydroxyl groups is 1. The fraction of sp³-hybridized carbons (Fsp3) is 0.300. The van der Waals surface area contributed by atoms with Gasteiger partial charge in [0, 0.05) is 17.9 Å². The summed E-state index contributed by atoms with van der Waals surface area (Å²) in [5.41, 5.74) is 2.15. The Morgan fingerprint density at radius 2 is 2.11 bits per heavy atom. The summed E-state index contributed by atoms with van der Waals surface area (Å²) in [7, 11) is 0. The molecule has 146 valence electrons. The van der Waals surface area contributed by atoms with Crippen molar-refractivity contribution in [3.63, 3.8) is 0 Å². The molecule has 8 heteroatoms. The minimum Gasteiger partial charge on any atom is -0.508 e. The number of imide groups is 1. The molecule has 0 radical (unpaired) electrons. The van der Waals surface area contributed by atoms with Crippen molar-refractivity contribution in [1.29, 1.82) is 0 Å². The molecule has 5 nitrogen and oxygen atoms in total. The van der Waals surface area contributed by atoms with Crippen LogP contribution in [0.3, 0.4) is 0 Å². The monoisotopic (exact) mass is 483 g/mol. The maximum atomic E-state index is 13.2. The molecule has 2 aliphatic heterocycles. The van der Waals surface area contributed by atoms with Crippen molar-refractivity contribution in [3.8, 4) is 11.5 Å². The van der Waals surface area contributed by atoms with Crippen LogP contribution >= 0.6 is 39.1 Å². The van der Waals surface area contributed by atoms with E-state index >= 15 is 0 Å². The second-order valence-electron chi connectivity index (χ2n) is 7.00. The Kier molecular flexibility index (Phi) is 4.64. The van der Waals surface area contributed by atoms with Crippen LogP contribution in [0.4, 0.5) is 0 Å². The Balaban J connectivity index is 1.85. The van der Waals surface area contributed by atoms with Crippen molar-refractivity contribution in [2.45, 2.75) is 22.6 Å². The fourth-order valence-electron chi connectivity index (χ4n) is 4.19. The number of allylic oxidation sites excluding steroid dienone is 4. The molecule has 1 N–H and O–H groups in total. The highest BCUT2D eigenvalue weighted by Crippen LogP contribution is 2.58. The van der Waals surface area contributed by atoms with Crippen molar-refractivity contribution >= 4 is 50.9 Å². The quantitative estimate of drug-likeness (QED) is 0.399. The SMILES string of the molecule is C=CC1=CC[C@@]2(Cl)C(=O)N(CBr)C(=O)[C@@]2(Cl)[C@H]1C1=COc2ccc(O)cc2C1. The number of carbonyl (C=O) groups excluding carboxylic acids is 2. The number of hydrogen-bond acceptors (Lipinski definition) is 4. The number of fused-ring (bicyclic) bond motifs is 2. The number of amides is 2. The number of rotatable bonds is 3. The van der Waals surface area contributed by atoms with Gasteiger partial charge in [-0.2, -0.15) is 0 Å². The van der Waals surface area contributed by atoms with Gasteiger partial charge in [0.25, 0.3) is 11.8 Å². The number of nitrogens with zero attached hydrogens (tertiary/aromatic N) is 1. The van der Waals surface area contributed by atoms with Crippen molar-refractivity contribution in [2.24, 2.45) is 5.92 Å². The number of hydrogen-bond donors (Lipinski definition) is 1. The number of phenols is 1. The summed E-state index contributed by atoms with van der Waals surface area (Å²) in [6, 6.07) is 4.80. The maximum Gasteiger partial charge on any atom is 0.254 e. The first-order chi connectivity index (χ1) is 13.3.